The number of hydrogen-bond acceptors (Lipinski definition) is 5. The van der Waals surface area contributed by atoms with Crippen molar-refractivity contribution in [1.82, 2.24) is 30.6 Å². The van der Waals surface area contributed by atoms with Crippen molar-refractivity contribution in [2.75, 3.05) is 13.1 Å². The van der Waals surface area contributed by atoms with Crippen molar-refractivity contribution >= 4 is 41.6 Å². The summed E-state index contributed by atoms with van der Waals surface area (Å²) in [6.45, 7) is 3.58. The van der Waals surface area contributed by atoms with Gasteiger partial charge in [-0.2, -0.15) is 0 Å². The third-order valence-electron chi connectivity index (χ3n) is 4.34. The van der Waals surface area contributed by atoms with Gasteiger partial charge in [0.25, 0.3) is 5.91 Å². The molecule has 1 fully saturated rings. The van der Waals surface area contributed by atoms with E-state index in [1.807, 2.05) is 37.3 Å². The van der Waals surface area contributed by atoms with E-state index in [1.165, 1.54) is 0 Å². The number of carbonyl (C=O) groups excluding carboxylic acids is 1. The Bertz CT molecular complexity index is 902. The Kier molecular flexibility index (Phi) is 6.52. The van der Waals surface area contributed by atoms with Crippen LogP contribution in [0.5, 0.6) is 0 Å². The summed E-state index contributed by atoms with van der Waals surface area (Å²) in [5.74, 6) is -0.180. The predicted octanol–water partition coefficient (Wildman–Crippen LogP) is 2.06. The number of amides is 1. The summed E-state index contributed by atoms with van der Waals surface area (Å²) in [5.41, 5.74) is 2.71. The van der Waals surface area contributed by atoms with Gasteiger partial charge in [-0.1, -0.05) is 23.4 Å². The highest BCUT2D eigenvalue weighted by Crippen LogP contribution is 2.21. The minimum absolute atomic E-state index is 0. The normalized spacial score (nSPS) is 16.0. The second kappa shape index (κ2) is 8.44. The molecule has 0 radical (unpaired) electrons. The van der Waals surface area contributed by atoms with Crippen molar-refractivity contribution in [1.29, 1.82) is 0 Å². The van der Waals surface area contributed by atoms with Crippen LogP contribution in [0, 0.1) is 6.92 Å². The molecule has 1 aromatic carbocycles. The number of halogens is 2. The van der Waals surface area contributed by atoms with Gasteiger partial charge in [0, 0.05) is 24.2 Å². The van der Waals surface area contributed by atoms with E-state index in [-0.39, 0.29) is 36.8 Å². The van der Waals surface area contributed by atoms with Crippen LogP contribution < -0.4 is 10.6 Å². The number of nitrogens with zero attached hydrogens (tertiary/aromatic N) is 4. The summed E-state index contributed by atoms with van der Waals surface area (Å²) in [4.78, 5) is 16.9. The van der Waals surface area contributed by atoms with Crippen molar-refractivity contribution in [3.63, 3.8) is 0 Å². The summed E-state index contributed by atoms with van der Waals surface area (Å²) in [6, 6.07) is 9.93. The number of rotatable bonds is 3. The van der Waals surface area contributed by atoms with Gasteiger partial charge in [0.1, 0.15) is 0 Å². The zero-order chi connectivity index (χ0) is 16.5. The van der Waals surface area contributed by atoms with Gasteiger partial charge in [-0.05, 0) is 32.0 Å². The fourth-order valence-corrected chi connectivity index (χ4v) is 3.06. The lowest BCUT2D eigenvalue weighted by molar-refractivity contribution is 0.0934. The van der Waals surface area contributed by atoms with Gasteiger partial charge in [-0.25, -0.2) is 4.68 Å². The molecule has 1 amide bonds. The Morgan fingerprint density at radius 1 is 1.27 bits per heavy atom. The second-order valence-corrected chi connectivity index (χ2v) is 5.95. The molecule has 1 aliphatic rings. The fourth-order valence-electron chi connectivity index (χ4n) is 3.06. The number of pyridine rings is 1. The first-order valence-electron chi connectivity index (χ1n) is 8.02. The Hall–Kier alpha value is -2.22. The standard InChI is InChI=1S/C17H18N6O.2ClH/c1-11-15(17(24)20-13-7-9-18-10-13)21-22-23(11)14-6-2-4-12-5-3-8-19-16(12)14;;/h2-6,8,13,18H,7,9-10H2,1H3,(H,20,24);2*1H. The van der Waals surface area contributed by atoms with Crippen LogP contribution in [0.1, 0.15) is 22.6 Å². The molecule has 2 N–H and O–H groups in total. The monoisotopic (exact) mass is 394 g/mol. The highest BCUT2D eigenvalue weighted by molar-refractivity contribution is 5.94. The quantitative estimate of drug-likeness (QED) is 0.709. The SMILES string of the molecule is Cc1c(C(=O)NC2CCNC2)nnn1-c1cccc2cccnc12.Cl.Cl. The van der Waals surface area contributed by atoms with Crippen LogP contribution in [0.3, 0.4) is 0 Å². The number of fused-ring (bicyclic) bond motifs is 1. The molecular formula is C17H20Cl2N6O. The molecule has 1 atom stereocenters. The van der Waals surface area contributed by atoms with Crippen LogP contribution in [0.2, 0.25) is 0 Å². The van der Waals surface area contributed by atoms with Crippen molar-refractivity contribution in [2.24, 2.45) is 0 Å². The molecular weight excluding hydrogens is 375 g/mol. The zero-order valence-electron chi connectivity index (χ0n) is 14.2. The van der Waals surface area contributed by atoms with E-state index in [0.717, 1.165) is 36.1 Å². The lowest BCUT2D eigenvalue weighted by Gasteiger charge is -2.10. The zero-order valence-corrected chi connectivity index (χ0v) is 15.8. The Morgan fingerprint density at radius 3 is 2.85 bits per heavy atom. The average Bonchev–Trinajstić information content (AvgIpc) is 3.24. The van der Waals surface area contributed by atoms with Gasteiger partial charge in [-0.3, -0.25) is 9.78 Å². The molecule has 1 unspecified atom stereocenters. The Morgan fingerprint density at radius 2 is 2.08 bits per heavy atom. The lowest BCUT2D eigenvalue weighted by Crippen LogP contribution is -2.36. The van der Waals surface area contributed by atoms with Crippen LogP contribution in [0.25, 0.3) is 16.6 Å². The first-order valence-corrected chi connectivity index (χ1v) is 8.02. The van der Waals surface area contributed by atoms with Gasteiger partial charge in [0.05, 0.1) is 16.9 Å². The molecule has 7 nitrogen and oxygen atoms in total. The average molecular weight is 395 g/mol. The maximum Gasteiger partial charge on any atom is 0.274 e. The molecule has 138 valence electrons. The number of carbonyl (C=O) groups is 1. The molecule has 1 saturated heterocycles. The van der Waals surface area contributed by atoms with Gasteiger partial charge in [0.2, 0.25) is 0 Å². The summed E-state index contributed by atoms with van der Waals surface area (Å²) in [7, 11) is 0. The first kappa shape index (κ1) is 20.1. The first-order chi connectivity index (χ1) is 11.7. The van der Waals surface area contributed by atoms with Crippen molar-refractivity contribution in [3.8, 4) is 5.69 Å². The molecule has 0 aliphatic carbocycles. The van der Waals surface area contributed by atoms with E-state index in [4.69, 9.17) is 0 Å². The van der Waals surface area contributed by atoms with Crippen LogP contribution in [0.4, 0.5) is 0 Å². The van der Waals surface area contributed by atoms with E-state index >= 15 is 0 Å². The van der Waals surface area contributed by atoms with Crippen molar-refractivity contribution in [2.45, 2.75) is 19.4 Å². The van der Waals surface area contributed by atoms with Gasteiger partial charge < -0.3 is 10.6 Å². The second-order valence-electron chi connectivity index (χ2n) is 5.95. The fraction of sp³-hybridized carbons (Fsp3) is 0.294. The van der Waals surface area contributed by atoms with Crippen molar-refractivity contribution in [3.05, 3.63) is 47.9 Å². The molecule has 3 aromatic rings. The van der Waals surface area contributed by atoms with E-state index in [1.54, 1.807) is 10.9 Å². The Labute approximate surface area is 163 Å². The predicted molar refractivity (Wildman–Crippen MR) is 105 cm³/mol. The molecule has 4 rings (SSSR count). The van der Waals surface area contributed by atoms with E-state index < -0.39 is 0 Å². The largest absolute Gasteiger partial charge is 0.347 e. The van der Waals surface area contributed by atoms with Crippen LogP contribution in [-0.2, 0) is 0 Å². The van der Waals surface area contributed by atoms with Gasteiger partial charge >= 0.3 is 0 Å². The highest BCUT2D eigenvalue weighted by Gasteiger charge is 2.22. The number of benzene rings is 1. The van der Waals surface area contributed by atoms with E-state index in [0.29, 0.717) is 11.4 Å². The summed E-state index contributed by atoms with van der Waals surface area (Å²) < 4.78 is 1.68. The maximum absolute atomic E-state index is 12.5. The summed E-state index contributed by atoms with van der Waals surface area (Å²) in [5, 5.41) is 15.5. The third kappa shape index (κ3) is 3.65. The molecule has 2 aromatic heterocycles. The minimum atomic E-state index is -0.180. The maximum atomic E-state index is 12.5. The number of para-hydroxylation sites is 1. The van der Waals surface area contributed by atoms with E-state index in [9.17, 15) is 4.79 Å². The van der Waals surface area contributed by atoms with Crippen LogP contribution in [0.15, 0.2) is 36.5 Å². The van der Waals surface area contributed by atoms with Crippen LogP contribution >= 0.6 is 24.8 Å². The molecule has 0 spiro atoms. The molecule has 0 bridgehead atoms. The van der Waals surface area contributed by atoms with Gasteiger partial charge in [0.15, 0.2) is 5.69 Å². The summed E-state index contributed by atoms with van der Waals surface area (Å²) >= 11 is 0. The number of aromatic nitrogens is 4. The minimum Gasteiger partial charge on any atom is -0.347 e. The van der Waals surface area contributed by atoms with Crippen molar-refractivity contribution < 1.29 is 4.79 Å². The smallest absolute Gasteiger partial charge is 0.274 e. The Balaban J connectivity index is 0.00000121. The van der Waals surface area contributed by atoms with Crippen LogP contribution in [-0.4, -0.2) is 45.0 Å². The molecule has 3 heterocycles. The lowest BCUT2D eigenvalue weighted by atomic mass is 10.2. The van der Waals surface area contributed by atoms with E-state index in [2.05, 4.69) is 25.9 Å². The number of nitrogens with one attached hydrogen (secondary N) is 2. The summed E-state index contributed by atoms with van der Waals surface area (Å²) in [6.07, 6.45) is 2.69. The van der Waals surface area contributed by atoms with Gasteiger partial charge in [-0.15, -0.1) is 29.9 Å². The topological polar surface area (TPSA) is 84.7 Å². The number of hydrogen-bond donors (Lipinski definition) is 2. The molecule has 26 heavy (non-hydrogen) atoms. The molecule has 9 heteroatoms. The highest BCUT2D eigenvalue weighted by atomic mass is 35.5. The molecule has 1 aliphatic heterocycles. The third-order valence-corrected chi connectivity index (χ3v) is 4.34. The molecule has 0 saturated carbocycles.